The summed E-state index contributed by atoms with van der Waals surface area (Å²) in [7, 11) is 0. The number of likely N-dealkylation sites (tertiary alicyclic amines) is 2. The lowest BCUT2D eigenvalue weighted by atomic mass is 9.77. The van der Waals surface area contributed by atoms with E-state index in [1.165, 1.54) is 19.3 Å². The fraction of sp³-hybridized carbons (Fsp3) is 0.684. The summed E-state index contributed by atoms with van der Waals surface area (Å²) >= 11 is 0. The summed E-state index contributed by atoms with van der Waals surface area (Å²) in [6, 6.07) is 3.97. The SMILES string of the molecule is Nc1ncccc1CN1CC[C@@]2(CCCN(CC3CCC3)C2=O)C1. The minimum atomic E-state index is -0.140. The number of amides is 1. The molecule has 3 heterocycles. The number of carbonyl (C=O) groups excluding carboxylic acids is 1. The molecule has 1 atom stereocenters. The molecule has 2 N–H and O–H groups in total. The molecule has 1 amide bonds. The molecule has 3 fully saturated rings. The predicted molar refractivity (Wildman–Crippen MR) is 94.1 cm³/mol. The summed E-state index contributed by atoms with van der Waals surface area (Å²) < 4.78 is 0. The largest absolute Gasteiger partial charge is 0.383 e. The third-order valence-corrected chi connectivity index (χ3v) is 6.28. The number of nitrogens with two attached hydrogens (primary N) is 1. The van der Waals surface area contributed by atoms with Gasteiger partial charge in [-0.1, -0.05) is 12.5 Å². The Kier molecular flexibility index (Phi) is 4.21. The van der Waals surface area contributed by atoms with Gasteiger partial charge in [-0.05, 0) is 50.6 Å². The van der Waals surface area contributed by atoms with Gasteiger partial charge in [-0.2, -0.15) is 0 Å². The van der Waals surface area contributed by atoms with Crippen LogP contribution in [-0.4, -0.2) is 46.9 Å². The Morgan fingerprint density at radius 1 is 1.25 bits per heavy atom. The molecule has 3 aliphatic rings. The fourth-order valence-electron chi connectivity index (χ4n) is 4.61. The number of rotatable bonds is 4. The second-order valence-electron chi connectivity index (χ2n) is 7.94. The van der Waals surface area contributed by atoms with Gasteiger partial charge in [0.2, 0.25) is 5.91 Å². The fourth-order valence-corrected chi connectivity index (χ4v) is 4.61. The monoisotopic (exact) mass is 328 g/mol. The summed E-state index contributed by atoms with van der Waals surface area (Å²) in [5.74, 6) is 1.79. The van der Waals surface area contributed by atoms with E-state index in [1.54, 1.807) is 6.20 Å². The molecule has 1 aliphatic carbocycles. The van der Waals surface area contributed by atoms with Crippen molar-refractivity contribution in [2.75, 3.05) is 31.9 Å². The van der Waals surface area contributed by atoms with Crippen LogP contribution in [0, 0.1) is 11.3 Å². The summed E-state index contributed by atoms with van der Waals surface area (Å²) in [6.07, 6.45) is 8.89. The van der Waals surface area contributed by atoms with Crippen LogP contribution in [-0.2, 0) is 11.3 Å². The Labute approximate surface area is 144 Å². The first-order chi connectivity index (χ1) is 11.7. The van der Waals surface area contributed by atoms with Crippen molar-refractivity contribution in [3.63, 3.8) is 0 Å². The molecule has 0 radical (unpaired) electrons. The molecule has 24 heavy (non-hydrogen) atoms. The van der Waals surface area contributed by atoms with Crippen LogP contribution in [0.25, 0.3) is 0 Å². The van der Waals surface area contributed by atoms with Crippen molar-refractivity contribution in [2.45, 2.75) is 45.1 Å². The maximum absolute atomic E-state index is 13.2. The first kappa shape index (κ1) is 15.9. The second kappa shape index (κ2) is 6.36. The Balaban J connectivity index is 1.42. The maximum atomic E-state index is 13.2. The normalized spacial score (nSPS) is 28.5. The van der Waals surface area contributed by atoms with E-state index < -0.39 is 0 Å². The molecule has 5 heteroatoms. The summed E-state index contributed by atoms with van der Waals surface area (Å²) in [6.45, 7) is 4.62. The summed E-state index contributed by atoms with van der Waals surface area (Å²) in [5.41, 5.74) is 6.91. The van der Waals surface area contributed by atoms with Crippen LogP contribution in [0.4, 0.5) is 5.82 Å². The van der Waals surface area contributed by atoms with E-state index in [9.17, 15) is 4.79 Å². The van der Waals surface area contributed by atoms with E-state index in [1.807, 2.05) is 12.1 Å². The van der Waals surface area contributed by atoms with E-state index in [0.717, 1.165) is 63.5 Å². The highest BCUT2D eigenvalue weighted by molar-refractivity contribution is 5.84. The highest BCUT2D eigenvalue weighted by Gasteiger charge is 2.48. The number of carbonyl (C=O) groups is 1. The van der Waals surface area contributed by atoms with Gasteiger partial charge in [-0.3, -0.25) is 9.69 Å². The Bertz CT molecular complexity index is 615. The first-order valence-electron chi connectivity index (χ1n) is 9.37. The standard InChI is InChI=1S/C19H28N4O/c20-17-16(6-2-9-21-17)13-22-11-8-19(14-22)7-3-10-23(18(19)24)12-15-4-1-5-15/h2,6,9,15H,1,3-5,7-8,10-14H2,(H2,20,21)/t19-/m0/s1. The van der Waals surface area contributed by atoms with Crippen molar-refractivity contribution in [1.82, 2.24) is 14.8 Å². The minimum absolute atomic E-state index is 0.140. The molecule has 1 spiro atoms. The zero-order valence-corrected chi connectivity index (χ0v) is 14.4. The van der Waals surface area contributed by atoms with Gasteiger partial charge in [0.15, 0.2) is 0 Å². The van der Waals surface area contributed by atoms with Gasteiger partial charge in [0.1, 0.15) is 5.82 Å². The molecule has 1 aromatic rings. The molecule has 0 bridgehead atoms. The van der Waals surface area contributed by atoms with Crippen molar-refractivity contribution in [3.05, 3.63) is 23.9 Å². The maximum Gasteiger partial charge on any atom is 0.230 e. The lowest BCUT2D eigenvalue weighted by Crippen LogP contribution is -2.51. The molecule has 130 valence electrons. The van der Waals surface area contributed by atoms with Crippen molar-refractivity contribution < 1.29 is 4.79 Å². The molecule has 0 unspecified atom stereocenters. The zero-order valence-electron chi connectivity index (χ0n) is 14.4. The smallest absolute Gasteiger partial charge is 0.230 e. The van der Waals surface area contributed by atoms with Crippen molar-refractivity contribution in [2.24, 2.45) is 11.3 Å². The molecule has 1 aromatic heterocycles. The van der Waals surface area contributed by atoms with Gasteiger partial charge in [0, 0.05) is 37.9 Å². The summed E-state index contributed by atoms with van der Waals surface area (Å²) in [5, 5.41) is 0. The number of nitrogen functional groups attached to an aromatic ring is 1. The number of piperidine rings is 1. The average Bonchev–Trinajstić information content (AvgIpc) is 2.93. The van der Waals surface area contributed by atoms with Gasteiger partial charge >= 0.3 is 0 Å². The molecule has 5 nitrogen and oxygen atoms in total. The van der Waals surface area contributed by atoms with E-state index in [4.69, 9.17) is 5.73 Å². The van der Waals surface area contributed by atoms with Crippen LogP contribution in [0.2, 0.25) is 0 Å². The minimum Gasteiger partial charge on any atom is -0.383 e. The van der Waals surface area contributed by atoms with Crippen LogP contribution >= 0.6 is 0 Å². The number of hydrogen-bond donors (Lipinski definition) is 1. The molecular weight excluding hydrogens is 300 g/mol. The third kappa shape index (κ3) is 2.90. The molecule has 4 rings (SSSR count). The molecule has 1 saturated carbocycles. The van der Waals surface area contributed by atoms with Gasteiger partial charge in [-0.15, -0.1) is 0 Å². The predicted octanol–water partition coefficient (Wildman–Crippen LogP) is 2.28. The Hall–Kier alpha value is -1.62. The van der Waals surface area contributed by atoms with Gasteiger partial charge in [0.25, 0.3) is 0 Å². The van der Waals surface area contributed by atoms with E-state index in [2.05, 4.69) is 14.8 Å². The van der Waals surface area contributed by atoms with Crippen LogP contribution < -0.4 is 5.73 Å². The van der Waals surface area contributed by atoms with E-state index in [0.29, 0.717) is 11.7 Å². The molecule has 2 saturated heterocycles. The quantitative estimate of drug-likeness (QED) is 0.921. The Morgan fingerprint density at radius 2 is 2.12 bits per heavy atom. The van der Waals surface area contributed by atoms with Gasteiger partial charge in [0.05, 0.1) is 5.41 Å². The van der Waals surface area contributed by atoms with Crippen LogP contribution in [0.3, 0.4) is 0 Å². The van der Waals surface area contributed by atoms with Crippen molar-refractivity contribution in [3.8, 4) is 0 Å². The number of aromatic nitrogens is 1. The van der Waals surface area contributed by atoms with E-state index >= 15 is 0 Å². The van der Waals surface area contributed by atoms with Gasteiger partial charge in [-0.25, -0.2) is 4.98 Å². The van der Waals surface area contributed by atoms with Crippen LogP contribution in [0.5, 0.6) is 0 Å². The van der Waals surface area contributed by atoms with Crippen molar-refractivity contribution in [1.29, 1.82) is 0 Å². The van der Waals surface area contributed by atoms with Crippen molar-refractivity contribution >= 4 is 11.7 Å². The molecule has 2 aliphatic heterocycles. The number of hydrogen-bond acceptors (Lipinski definition) is 4. The number of pyridine rings is 1. The van der Waals surface area contributed by atoms with Crippen LogP contribution in [0.15, 0.2) is 18.3 Å². The highest BCUT2D eigenvalue weighted by Crippen LogP contribution is 2.41. The number of nitrogens with zero attached hydrogens (tertiary/aromatic N) is 3. The average molecular weight is 328 g/mol. The first-order valence-corrected chi connectivity index (χ1v) is 9.37. The summed E-state index contributed by atoms with van der Waals surface area (Å²) in [4.78, 5) is 21.9. The highest BCUT2D eigenvalue weighted by atomic mass is 16.2. The third-order valence-electron chi connectivity index (χ3n) is 6.28. The second-order valence-corrected chi connectivity index (χ2v) is 7.94. The van der Waals surface area contributed by atoms with E-state index in [-0.39, 0.29) is 5.41 Å². The lowest BCUT2D eigenvalue weighted by molar-refractivity contribution is -0.146. The lowest BCUT2D eigenvalue weighted by Gasteiger charge is -2.42. The molecular formula is C19H28N4O. The zero-order chi connectivity index (χ0) is 16.6. The van der Waals surface area contributed by atoms with Gasteiger partial charge < -0.3 is 10.6 Å². The topological polar surface area (TPSA) is 62.5 Å². The van der Waals surface area contributed by atoms with Crippen LogP contribution in [0.1, 0.15) is 44.1 Å². The Morgan fingerprint density at radius 3 is 2.88 bits per heavy atom. The number of anilines is 1. The molecule has 0 aromatic carbocycles.